The molecule has 0 fully saturated rings. The van der Waals surface area contributed by atoms with Crippen LogP contribution in [0.3, 0.4) is 0 Å². The zero-order chi connectivity index (χ0) is 13.2. The summed E-state index contributed by atoms with van der Waals surface area (Å²) in [7, 11) is 1.60. The average Bonchev–Trinajstić information content (AvgIpc) is 2.89. The third-order valence-corrected chi connectivity index (χ3v) is 2.93. The minimum Gasteiger partial charge on any atom is -0.497 e. The SMILES string of the molecule is COc1ccc(Cl)c(Nc2ncc3[nH]cnc3n2)c1. The van der Waals surface area contributed by atoms with Crippen LogP contribution in [0.4, 0.5) is 11.6 Å². The molecule has 0 amide bonds. The summed E-state index contributed by atoms with van der Waals surface area (Å²) in [6, 6.07) is 5.31. The van der Waals surface area contributed by atoms with Crippen molar-refractivity contribution in [1.82, 2.24) is 19.9 Å². The summed E-state index contributed by atoms with van der Waals surface area (Å²) >= 11 is 6.10. The molecule has 6 nitrogen and oxygen atoms in total. The van der Waals surface area contributed by atoms with Gasteiger partial charge in [0, 0.05) is 6.07 Å². The zero-order valence-electron chi connectivity index (χ0n) is 10.0. The number of imidazole rings is 1. The van der Waals surface area contributed by atoms with Gasteiger partial charge in [0.05, 0.1) is 30.3 Å². The van der Waals surface area contributed by atoms with Crippen LogP contribution in [0, 0.1) is 0 Å². The maximum absolute atomic E-state index is 6.10. The second-order valence-corrected chi connectivity index (χ2v) is 4.21. The molecule has 19 heavy (non-hydrogen) atoms. The molecular formula is C12H10ClN5O. The normalized spacial score (nSPS) is 10.6. The molecule has 3 aromatic rings. The van der Waals surface area contributed by atoms with Crippen molar-refractivity contribution >= 4 is 34.4 Å². The molecule has 2 N–H and O–H groups in total. The lowest BCUT2D eigenvalue weighted by atomic mass is 10.3. The number of H-pyrrole nitrogens is 1. The second-order valence-electron chi connectivity index (χ2n) is 3.80. The number of fused-ring (bicyclic) bond motifs is 1. The number of aromatic nitrogens is 4. The number of nitrogens with zero attached hydrogens (tertiary/aromatic N) is 3. The summed E-state index contributed by atoms with van der Waals surface area (Å²) in [6.45, 7) is 0. The maximum Gasteiger partial charge on any atom is 0.229 e. The Morgan fingerprint density at radius 3 is 3.05 bits per heavy atom. The van der Waals surface area contributed by atoms with E-state index in [4.69, 9.17) is 16.3 Å². The third kappa shape index (κ3) is 2.30. The fraction of sp³-hybridized carbons (Fsp3) is 0.0833. The molecule has 0 aliphatic heterocycles. The first kappa shape index (κ1) is 11.7. The van der Waals surface area contributed by atoms with Gasteiger partial charge in [-0.2, -0.15) is 4.98 Å². The number of hydrogen-bond acceptors (Lipinski definition) is 5. The number of hydrogen-bond donors (Lipinski definition) is 2. The van der Waals surface area contributed by atoms with Gasteiger partial charge in [0.2, 0.25) is 5.95 Å². The first-order valence-corrected chi connectivity index (χ1v) is 5.91. The highest BCUT2D eigenvalue weighted by Crippen LogP contribution is 2.28. The molecule has 0 aliphatic carbocycles. The van der Waals surface area contributed by atoms with Gasteiger partial charge < -0.3 is 15.0 Å². The molecule has 96 valence electrons. The smallest absolute Gasteiger partial charge is 0.229 e. The van der Waals surface area contributed by atoms with Gasteiger partial charge in [0.25, 0.3) is 0 Å². The average molecular weight is 276 g/mol. The second kappa shape index (κ2) is 4.74. The number of halogens is 1. The van der Waals surface area contributed by atoms with E-state index < -0.39 is 0 Å². The minimum atomic E-state index is 0.426. The Hall–Kier alpha value is -2.34. The van der Waals surface area contributed by atoms with Crippen LogP contribution in [0.5, 0.6) is 5.75 Å². The van der Waals surface area contributed by atoms with Crippen LogP contribution >= 0.6 is 11.6 Å². The van der Waals surface area contributed by atoms with Gasteiger partial charge in [-0.3, -0.25) is 0 Å². The first-order valence-electron chi connectivity index (χ1n) is 5.53. The number of benzene rings is 1. The van der Waals surface area contributed by atoms with E-state index in [1.165, 1.54) is 0 Å². The summed E-state index contributed by atoms with van der Waals surface area (Å²) in [5.41, 5.74) is 2.05. The van der Waals surface area contributed by atoms with Crippen LogP contribution < -0.4 is 10.1 Å². The van der Waals surface area contributed by atoms with Crippen LogP contribution in [-0.2, 0) is 0 Å². The maximum atomic E-state index is 6.10. The van der Waals surface area contributed by atoms with E-state index in [1.807, 2.05) is 0 Å². The fourth-order valence-corrected chi connectivity index (χ4v) is 1.81. The van der Waals surface area contributed by atoms with Crippen LogP contribution in [0.1, 0.15) is 0 Å². The minimum absolute atomic E-state index is 0.426. The van der Waals surface area contributed by atoms with Crippen LogP contribution in [0.2, 0.25) is 5.02 Å². The highest BCUT2D eigenvalue weighted by atomic mass is 35.5. The lowest BCUT2D eigenvalue weighted by Crippen LogP contribution is -1.98. The molecule has 1 aromatic carbocycles. The first-order chi connectivity index (χ1) is 9.26. The Labute approximate surface area is 113 Å². The van der Waals surface area contributed by atoms with Crippen LogP contribution in [0.25, 0.3) is 11.2 Å². The van der Waals surface area contributed by atoms with E-state index >= 15 is 0 Å². The van der Waals surface area contributed by atoms with Crippen molar-refractivity contribution in [3.63, 3.8) is 0 Å². The number of methoxy groups -OCH3 is 1. The van der Waals surface area contributed by atoms with E-state index in [1.54, 1.807) is 37.8 Å². The molecule has 0 saturated heterocycles. The van der Waals surface area contributed by atoms with E-state index in [0.717, 1.165) is 5.52 Å². The molecule has 0 spiro atoms. The highest BCUT2D eigenvalue weighted by Gasteiger charge is 2.06. The van der Waals surface area contributed by atoms with Crippen molar-refractivity contribution < 1.29 is 4.74 Å². The summed E-state index contributed by atoms with van der Waals surface area (Å²) < 4.78 is 5.15. The largest absolute Gasteiger partial charge is 0.497 e. The third-order valence-electron chi connectivity index (χ3n) is 2.60. The van der Waals surface area contributed by atoms with Crippen LogP contribution in [-0.4, -0.2) is 27.0 Å². The predicted molar refractivity (Wildman–Crippen MR) is 73.0 cm³/mol. The quantitative estimate of drug-likeness (QED) is 0.769. The highest BCUT2D eigenvalue weighted by molar-refractivity contribution is 6.33. The monoisotopic (exact) mass is 275 g/mol. The van der Waals surface area contributed by atoms with Crippen molar-refractivity contribution in [3.05, 3.63) is 35.7 Å². The number of nitrogens with one attached hydrogen (secondary N) is 2. The Kier molecular flexibility index (Phi) is 2.92. The molecular weight excluding hydrogens is 266 g/mol. The van der Waals surface area contributed by atoms with Gasteiger partial charge in [-0.25, -0.2) is 9.97 Å². The van der Waals surface area contributed by atoms with Gasteiger partial charge in [-0.05, 0) is 12.1 Å². The van der Waals surface area contributed by atoms with E-state index in [-0.39, 0.29) is 0 Å². The van der Waals surface area contributed by atoms with Crippen molar-refractivity contribution in [1.29, 1.82) is 0 Å². The van der Waals surface area contributed by atoms with E-state index in [2.05, 4.69) is 25.3 Å². The number of anilines is 2. The lowest BCUT2D eigenvalue weighted by molar-refractivity contribution is 0.415. The number of ether oxygens (including phenoxy) is 1. The molecule has 2 heterocycles. The molecule has 0 unspecified atom stereocenters. The number of aromatic amines is 1. The Morgan fingerprint density at radius 1 is 1.32 bits per heavy atom. The molecule has 0 atom stereocenters. The number of rotatable bonds is 3. The standard InChI is InChI=1S/C12H10ClN5O/c1-19-7-2-3-8(13)9(4-7)17-12-14-5-10-11(18-12)16-6-15-10/h2-6H,1H3,(H2,14,15,16,17,18). The Bertz CT molecular complexity index is 727. The molecule has 3 rings (SSSR count). The Morgan fingerprint density at radius 2 is 2.21 bits per heavy atom. The molecule has 0 aliphatic rings. The van der Waals surface area contributed by atoms with Crippen molar-refractivity contribution in [3.8, 4) is 5.75 Å². The summed E-state index contributed by atoms with van der Waals surface area (Å²) in [5.74, 6) is 1.13. The van der Waals surface area contributed by atoms with Crippen molar-refractivity contribution in [2.45, 2.75) is 0 Å². The summed E-state index contributed by atoms with van der Waals surface area (Å²) in [4.78, 5) is 15.4. The van der Waals surface area contributed by atoms with Gasteiger partial charge in [-0.15, -0.1) is 0 Å². The van der Waals surface area contributed by atoms with Gasteiger partial charge >= 0.3 is 0 Å². The van der Waals surface area contributed by atoms with Gasteiger partial charge in [0.1, 0.15) is 11.3 Å². The van der Waals surface area contributed by atoms with E-state index in [9.17, 15) is 0 Å². The fourth-order valence-electron chi connectivity index (χ4n) is 1.64. The Balaban J connectivity index is 1.95. The summed E-state index contributed by atoms with van der Waals surface area (Å²) in [6.07, 6.45) is 3.23. The molecule has 0 bridgehead atoms. The molecule has 2 aromatic heterocycles. The van der Waals surface area contributed by atoms with Crippen molar-refractivity contribution in [2.24, 2.45) is 0 Å². The van der Waals surface area contributed by atoms with Crippen LogP contribution in [0.15, 0.2) is 30.7 Å². The topological polar surface area (TPSA) is 75.7 Å². The summed E-state index contributed by atoms with van der Waals surface area (Å²) in [5, 5.41) is 3.60. The molecule has 7 heteroatoms. The lowest BCUT2D eigenvalue weighted by Gasteiger charge is -2.08. The predicted octanol–water partition coefficient (Wildman–Crippen LogP) is 2.76. The van der Waals surface area contributed by atoms with Crippen molar-refractivity contribution in [2.75, 3.05) is 12.4 Å². The van der Waals surface area contributed by atoms with E-state index in [0.29, 0.717) is 28.1 Å². The molecule has 0 saturated carbocycles. The van der Waals surface area contributed by atoms with Gasteiger partial charge in [0.15, 0.2) is 5.65 Å². The zero-order valence-corrected chi connectivity index (χ0v) is 10.8. The van der Waals surface area contributed by atoms with Gasteiger partial charge in [-0.1, -0.05) is 11.6 Å². The molecule has 0 radical (unpaired) electrons.